The van der Waals surface area contributed by atoms with Crippen LogP contribution in [0.5, 0.6) is 5.75 Å². The van der Waals surface area contributed by atoms with Gasteiger partial charge in [0.2, 0.25) is 0 Å². The summed E-state index contributed by atoms with van der Waals surface area (Å²) in [5.41, 5.74) is 5.77. The number of hydrogen-bond donors (Lipinski definition) is 2. The minimum atomic E-state index is -3.39. The predicted octanol–water partition coefficient (Wildman–Crippen LogP) is 4.10. The summed E-state index contributed by atoms with van der Waals surface area (Å²) < 4.78 is 30.0. The average Bonchev–Trinajstić information content (AvgIpc) is 3.21. The number of aromatic amines is 1. The molecule has 8 nitrogen and oxygen atoms in total. The molecule has 3 aromatic carbocycles. The molecular formula is C26H26N4O4S. The number of nitrogens with zero attached hydrogens (tertiary/aromatic N) is 2. The number of anilines is 1. The van der Waals surface area contributed by atoms with E-state index in [1.165, 1.54) is 12.1 Å². The summed E-state index contributed by atoms with van der Waals surface area (Å²) in [5.74, 6) is 0.577. The fourth-order valence-corrected chi connectivity index (χ4v) is 4.96. The van der Waals surface area contributed by atoms with Crippen LogP contribution in [-0.2, 0) is 16.4 Å². The van der Waals surface area contributed by atoms with Gasteiger partial charge in [-0.2, -0.15) is 0 Å². The van der Waals surface area contributed by atoms with E-state index in [0.717, 1.165) is 39.7 Å². The van der Waals surface area contributed by atoms with Gasteiger partial charge >= 0.3 is 0 Å². The highest BCUT2D eigenvalue weighted by atomic mass is 32.2. The van der Waals surface area contributed by atoms with Crippen LogP contribution in [0.3, 0.4) is 0 Å². The molecule has 1 aromatic heterocycles. The van der Waals surface area contributed by atoms with Crippen LogP contribution in [0.15, 0.2) is 65.8 Å². The number of nitrogens with one attached hydrogen (secondary N) is 2. The molecule has 2 heterocycles. The summed E-state index contributed by atoms with van der Waals surface area (Å²) in [5, 5.41) is 3.14. The van der Waals surface area contributed by atoms with Crippen molar-refractivity contribution in [1.29, 1.82) is 0 Å². The Balaban J connectivity index is 1.46. The Bertz CT molecular complexity index is 1530. The smallest absolute Gasteiger partial charge is 0.256 e. The van der Waals surface area contributed by atoms with Crippen molar-refractivity contribution in [2.24, 2.45) is 0 Å². The zero-order valence-electron chi connectivity index (χ0n) is 19.5. The molecule has 1 amide bonds. The van der Waals surface area contributed by atoms with Crippen LogP contribution in [0.4, 0.5) is 5.69 Å². The maximum atomic E-state index is 13.6. The highest BCUT2D eigenvalue weighted by Crippen LogP contribution is 2.31. The van der Waals surface area contributed by atoms with Gasteiger partial charge < -0.3 is 19.9 Å². The molecule has 35 heavy (non-hydrogen) atoms. The fraction of sp³-hybridized carbons (Fsp3) is 0.231. The highest BCUT2D eigenvalue weighted by molar-refractivity contribution is 7.90. The van der Waals surface area contributed by atoms with E-state index in [0.29, 0.717) is 37.5 Å². The van der Waals surface area contributed by atoms with E-state index in [2.05, 4.69) is 27.4 Å². The van der Waals surface area contributed by atoms with Crippen LogP contribution >= 0.6 is 0 Å². The molecule has 0 atom stereocenters. The van der Waals surface area contributed by atoms with Gasteiger partial charge in [0.05, 0.1) is 34.4 Å². The molecular weight excluding hydrogens is 464 g/mol. The van der Waals surface area contributed by atoms with Crippen molar-refractivity contribution >= 4 is 32.5 Å². The van der Waals surface area contributed by atoms with E-state index in [-0.39, 0.29) is 10.8 Å². The van der Waals surface area contributed by atoms with Gasteiger partial charge in [-0.25, -0.2) is 13.4 Å². The van der Waals surface area contributed by atoms with E-state index < -0.39 is 9.84 Å². The zero-order chi connectivity index (χ0) is 24.6. The first-order valence-electron chi connectivity index (χ1n) is 11.4. The Hall–Kier alpha value is -3.85. The number of carbonyl (C=O) groups is 1. The molecule has 0 saturated heterocycles. The molecule has 1 aliphatic heterocycles. The molecule has 0 unspecified atom stereocenters. The number of hydrogen-bond acceptors (Lipinski definition) is 6. The van der Waals surface area contributed by atoms with Gasteiger partial charge in [-0.05, 0) is 60.5 Å². The molecule has 1 aliphatic rings. The summed E-state index contributed by atoms with van der Waals surface area (Å²) >= 11 is 0. The zero-order valence-corrected chi connectivity index (χ0v) is 20.4. The first-order valence-corrected chi connectivity index (χ1v) is 13.3. The van der Waals surface area contributed by atoms with Crippen molar-refractivity contribution in [3.63, 3.8) is 0 Å². The lowest BCUT2D eigenvalue weighted by Gasteiger charge is -2.22. The van der Waals surface area contributed by atoms with Crippen LogP contribution in [0.25, 0.3) is 22.2 Å². The molecule has 0 radical (unpaired) electrons. The van der Waals surface area contributed by atoms with Gasteiger partial charge in [-0.1, -0.05) is 12.1 Å². The first-order chi connectivity index (χ1) is 16.8. The summed E-state index contributed by atoms with van der Waals surface area (Å²) in [6.07, 6.45) is 2.83. The third-order valence-electron chi connectivity index (χ3n) is 6.10. The SMILES string of the molecule is CCNc1cc(S(C)(=O)=O)ccc1C(=O)N1CCOc2ccc(-c3ccc4nc[nH]c4c3)cc2C1. The van der Waals surface area contributed by atoms with E-state index in [1.807, 2.05) is 31.2 Å². The van der Waals surface area contributed by atoms with Gasteiger partial charge in [0.15, 0.2) is 9.84 Å². The van der Waals surface area contributed by atoms with E-state index in [9.17, 15) is 13.2 Å². The second-order valence-corrected chi connectivity index (χ2v) is 10.6. The second-order valence-electron chi connectivity index (χ2n) is 8.54. The molecule has 9 heteroatoms. The lowest BCUT2D eigenvalue weighted by atomic mass is 10.0. The molecule has 2 N–H and O–H groups in total. The number of benzene rings is 3. The lowest BCUT2D eigenvalue weighted by Crippen LogP contribution is -2.33. The standard InChI is InChI=1S/C26H26N4O4S/c1-3-27-23-14-20(35(2,32)33)6-7-21(23)26(31)30-10-11-34-25-9-5-17(12-19(25)15-30)18-4-8-22-24(13-18)29-16-28-22/h4-9,12-14,16,27H,3,10-11,15H2,1-2H3,(H,28,29). The van der Waals surface area contributed by atoms with Gasteiger partial charge in [-0.3, -0.25) is 4.79 Å². The summed E-state index contributed by atoms with van der Waals surface area (Å²) in [4.78, 5) is 22.9. The van der Waals surface area contributed by atoms with E-state index in [1.54, 1.807) is 17.3 Å². The third-order valence-corrected chi connectivity index (χ3v) is 7.21. The van der Waals surface area contributed by atoms with Crippen molar-refractivity contribution in [2.75, 3.05) is 31.3 Å². The number of ether oxygens (including phenoxy) is 1. The highest BCUT2D eigenvalue weighted by Gasteiger charge is 2.24. The van der Waals surface area contributed by atoms with Crippen molar-refractivity contribution in [2.45, 2.75) is 18.4 Å². The van der Waals surface area contributed by atoms with E-state index >= 15 is 0 Å². The molecule has 0 spiro atoms. The average molecular weight is 491 g/mol. The first kappa shape index (κ1) is 22.9. The molecule has 0 saturated carbocycles. The lowest BCUT2D eigenvalue weighted by molar-refractivity contribution is 0.0734. The number of amides is 1. The largest absolute Gasteiger partial charge is 0.491 e. The number of sulfone groups is 1. The topological polar surface area (TPSA) is 104 Å². The normalized spacial score (nSPS) is 13.7. The number of fused-ring (bicyclic) bond motifs is 2. The number of carbonyl (C=O) groups excluding carboxylic acids is 1. The number of imidazole rings is 1. The van der Waals surface area contributed by atoms with Crippen molar-refractivity contribution in [1.82, 2.24) is 14.9 Å². The van der Waals surface area contributed by atoms with Gasteiger partial charge in [0.1, 0.15) is 12.4 Å². The molecule has 0 fully saturated rings. The van der Waals surface area contributed by atoms with Crippen LogP contribution in [0, 0.1) is 0 Å². The minimum absolute atomic E-state index is 0.174. The Labute approximate surface area is 203 Å². The van der Waals surface area contributed by atoms with E-state index in [4.69, 9.17) is 4.74 Å². The van der Waals surface area contributed by atoms with Crippen LogP contribution in [0.1, 0.15) is 22.8 Å². The monoisotopic (exact) mass is 490 g/mol. The number of aromatic nitrogens is 2. The number of rotatable bonds is 5. The summed E-state index contributed by atoms with van der Waals surface area (Å²) in [7, 11) is -3.39. The van der Waals surface area contributed by atoms with Crippen molar-refractivity contribution in [3.05, 3.63) is 72.1 Å². The Kier molecular flexibility index (Phi) is 5.94. The second kappa shape index (κ2) is 9.07. The van der Waals surface area contributed by atoms with Crippen molar-refractivity contribution in [3.8, 4) is 16.9 Å². The van der Waals surface area contributed by atoms with Gasteiger partial charge in [0, 0.05) is 30.6 Å². The van der Waals surface area contributed by atoms with Crippen molar-refractivity contribution < 1.29 is 17.9 Å². The molecule has 180 valence electrons. The van der Waals surface area contributed by atoms with Crippen LogP contribution in [0.2, 0.25) is 0 Å². The molecule has 0 bridgehead atoms. The van der Waals surface area contributed by atoms with Crippen LogP contribution < -0.4 is 10.1 Å². The summed E-state index contributed by atoms with van der Waals surface area (Å²) in [6, 6.07) is 16.7. The maximum absolute atomic E-state index is 13.6. The Morgan fingerprint density at radius 1 is 1.11 bits per heavy atom. The number of H-pyrrole nitrogens is 1. The fourth-order valence-electron chi connectivity index (χ4n) is 4.31. The Morgan fingerprint density at radius 3 is 2.71 bits per heavy atom. The molecule has 4 aromatic rings. The minimum Gasteiger partial charge on any atom is -0.491 e. The van der Waals surface area contributed by atoms with Gasteiger partial charge in [0.25, 0.3) is 5.91 Å². The third kappa shape index (κ3) is 4.59. The van der Waals surface area contributed by atoms with Crippen LogP contribution in [-0.4, -0.2) is 55.1 Å². The quantitative estimate of drug-likeness (QED) is 0.437. The van der Waals surface area contributed by atoms with Gasteiger partial charge in [-0.15, -0.1) is 0 Å². The molecule has 0 aliphatic carbocycles. The maximum Gasteiger partial charge on any atom is 0.256 e. The summed E-state index contributed by atoms with van der Waals surface area (Å²) in [6.45, 7) is 3.63. The Morgan fingerprint density at radius 2 is 1.91 bits per heavy atom. The molecule has 5 rings (SSSR count). The predicted molar refractivity (Wildman–Crippen MR) is 135 cm³/mol.